The van der Waals surface area contributed by atoms with Crippen molar-refractivity contribution in [1.29, 1.82) is 0 Å². The van der Waals surface area contributed by atoms with Gasteiger partial charge in [-0.05, 0) is 36.6 Å². The Kier molecular flexibility index (Phi) is 4.36. The fourth-order valence-corrected chi connectivity index (χ4v) is 1.85. The summed E-state index contributed by atoms with van der Waals surface area (Å²) in [6, 6.07) is 10.1. The third-order valence-corrected chi connectivity index (χ3v) is 3.01. The van der Waals surface area contributed by atoms with Gasteiger partial charge >= 0.3 is 0 Å². The predicted molar refractivity (Wildman–Crippen MR) is 78.7 cm³/mol. The minimum Gasteiger partial charge on any atom is -0.397 e. The molecule has 0 atom stereocenters. The molecule has 1 aromatic carbocycles. The van der Waals surface area contributed by atoms with Crippen LogP contribution in [-0.2, 0) is 11.2 Å². The molecule has 0 radical (unpaired) electrons. The molecule has 0 aliphatic carbocycles. The van der Waals surface area contributed by atoms with Gasteiger partial charge in [0.15, 0.2) is 0 Å². The Morgan fingerprint density at radius 3 is 2.84 bits per heavy atom. The molecule has 100 valence electrons. The minimum absolute atomic E-state index is 0.701. The second-order valence-electron chi connectivity index (χ2n) is 4.45. The van der Waals surface area contributed by atoms with Crippen LogP contribution in [0.25, 0.3) is 0 Å². The van der Waals surface area contributed by atoms with E-state index in [2.05, 4.69) is 16.4 Å². The van der Waals surface area contributed by atoms with Crippen LogP contribution in [0, 0.1) is 6.92 Å². The first-order valence-electron chi connectivity index (χ1n) is 6.26. The van der Waals surface area contributed by atoms with Gasteiger partial charge < -0.3 is 15.8 Å². The van der Waals surface area contributed by atoms with Gasteiger partial charge in [0, 0.05) is 12.8 Å². The molecule has 19 heavy (non-hydrogen) atoms. The Balaban J connectivity index is 2.20. The number of hydrogen-bond donors (Lipinski definition) is 2. The van der Waals surface area contributed by atoms with Gasteiger partial charge in [-0.3, -0.25) is 0 Å². The Bertz CT molecular complexity index is 555. The summed E-state index contributed by atoms with van der Waals surface area (Å²) in [4.78, 5) is 4.29. The second-order valence-corrected chi connectivity index (χ2v) is 4.45. The van der Waals surface area contributed by atoms with Crippen LogP contribution < -0.4 is 11.1 Å². The molecule has 0 unspecified atom stereocenters. The number of nitrogens with zero attached hydrogens (tertiary/aromatic N) is 1. The van der Waals surface area contributed by atoms with Crippen LogP contribution in [0.3, 0.4) is 0 Å². The largest absolute Gasteiger partial charge is 0.397 e. The molecule has 2 aromatic rings. The highest BCUT2D eigenvalue weighted by Gasteiger charge is 2.04. The maximum Gasteiger partial charge on any atom is 0.130 e. The third kappa shape index (κ3) is 3.45. The number of hydrogen-bond acceptors (Lipinski definition) is 4. The van der Waals surface area contributed by atoms with E-state index >= 15 is 0 Å². The zero-order valence-electron chi connectivity index (χ0n) is 11.3. The number of para-hydroxylation sites is 1. The Morgan fingerprint density at radius 1 is 1.32 bits per heavy atom. The van der Waals surface area contributed by atoms with Crippen molar-refractivity contribution in [3.63, 3.8) is 0 Å². The van der Waals surface area contributed by atoms with E-state index < -0.39 is 0 Å². The Morgan fingerprint density at radius 2 is 2.11 bits per heavy atom. The van der Waals surface area contributed by atoms with Crippen LogP contribution >= 0.6 is 0 Å². The highest BCUT2D eigenvalue weighted by molar-refractivity contribution is 5.62. The van der Waals surface area contributed by atoms with Crippen molar-refractivity contribution in [2.45, 2.75) is 13.3 Å². The van der Waals surface area contributed by atoms with Gasteiger partial charge in [-0.15, -0.1) is 0 Å². The topological polar surface area (TPSA) is 60.2 Å². The normalized spacial score (nSPS) is 10.4. The summed E-state index contributed by atoms with van der Waals surface area (Å²) < 4.78 is 5.13. The van der Waals surface area contributed by atoms with Gasteiger partial charge in [0.2, 0.25) is 0 Å². The molecule has 0 fully saturated rings. The molecule has 1 aromatic heterocycles. The van der Waals surface area contributed by atoms with Crippen LogP contribution in [-0.4, -0.2) is 18.7 Å². The highest BCUT2D eigenvalue weighted by atomic mass is 16.5. The van der Waals surface area contributed by atoms with Crippen molar-refractivity contribution in [2.24, 2.45) is 0 Å². The zero-order chi connectivity index (χ0) is 13.7. The number of nitrogens with one attached hydrogen (secondary N) is 1. The molecule has 0 spiro atoms. The molecule has 0 aliphatic heterocycles. The molecule has 4 heteroatoms. The fraction of sp³-hybridized carbons (Fsp3) is 0.267. The fourth-order valence-electron chi connectivity index (χ4n) is 1.85. The molecule has 2 rings (SSSR count). The van der Waals surface area contributed by atoms with Crippen molar-refractivity contribution >= 4 is 17.2 Å². The molecule has 4 nitrogen and oxygen atoms in total. The van der Waals surface area contributed by atoms with Crippen LogP contribution in [0.2, 0.25) is 0 Å². The molecule has 1 heterocycles. The summed E-state index contributed by atoms with van der Waals surface area (Å²) in [7, 11) is 1.71. The van der Waals surface area contributed by atoms with Crippen molar-refractivity contribution in [3.8, 4) is 0 Å². The summed E-state index contributed by atoms with van der Waals surface area (Å²) in [6.07, 6.45) is 2.54. The standard InChI is InChI=1S/C15H19N3O/c1-11-9-15(17-10-13(11)16)18-14-6-4-3-5-12(14)7-8-19-2/h3-6,9-10H,7-8,16H2,1-2H3,(H,17,18). The van der Waals surface area contributed by atoms with E-state index in [4.69, 9.17) is 10.5 Å². The number of aromatic nitrogens is 1. The monoisotopic (exact) mass is 257 g/mol. The second kappa shape index (κ2) is 6.20. The van der Waals surface area contributed by atoms with E-state index in [1.165, 1.54) is 5.56 Å². The summed E-state index contributed by atoms with van der Waals surface area (Å²) in [6.45, 7) is 2.67. The molecule has 3 N–H and O–H groups in total. The van der Waals surface area contributed by atoms with E-state index in [0.29, 0.717) is 12.3 Å². The molecule has 0 amide bonds. The van der Waals surface area contributed by atoms with Crippen LogP contribution in [0.4, 0.5) is 17.2 Å². The number of anilines is 3. The smallest absolute Gasteiger partial charge is 0.130 e. The number of methoxy groups -OCH3 is 1. The number of pyridine rings is 1. The van der Waals surface area contributed by atoms with Crippen molar-refractivity contribution in [1.82, 2.24) is 4.98 Å². The lowest BCUT2D eigenvalue weighted by Crippen LogP contribution is -2.02. The van der Waals surface area contributed by atoms with E-state index in [1.54, 1.807) is 13.3 Å². The Labute approximate surface area is 113 Å². The third-order valence-electron chi connectivity index (χ3n) is 3.01. The lowest BCUT2D eigenvalue weighted by molar-refractivity contribution is 0.202. The molecule has 0 bridgehead atoms. The van der Waals surface area contributed by atoms with Gasteiger partial charge in [0.05, 0.1) is 18.5 Å². The van der Waals surface area contributed by atoms with Crippen molar-refractivity contribution in [3.05, 3.63) is 47.7 Å². The molecular formula is C15H19N3O. The summed E-state index contributed by atoms with van der Waals surface area (Å²) >= 11 is 0. The summed E-state index contributed by atoms with van der Waals surface area (Å²) in [5.41, 5.74) is 9.76. The number of benzene rings is 1. The zero-order valence-corrected chi connectivity index (χ0v) is 11.3. The number of nitrogen functional groups attached to an aromatic ring is 1. The quantitative estimate of drug-likeness (QED) is 0.864. The van der Waals surface area contributed by atoms with Crippen molar-refractivity contribution < 1.29 is 4.74 Å². The van der Waals surface area contributed by atoms with Gasteiger partial charge in [-0.25, -0.2) is 4.98 Å². The summed E-state index contributed by atoms with van der Waals surface area (Å²) in [5, 5.41) is 3.33. The van der Waals surface area contributed by atoms with Gasteiger partial charge in [0.1, 0.15) is 5.82 Å². The first-order valence-corrected chi connectivity index (χ1v) is 6.26. The van der Waals surface area contributed by atoms with Crippen molar-refractivity contribution in [2.75, 3.05) is 24.8 Å². The number of aryl methyl sites for hydroxylation is 1. The van der Waals surface area contributed by atoms with E-state index in [-0.39, 0.29) is 0 Å². The van der Waals surface area contributed by atoms with Gasteiger partial charge in [0.25, 0.3) is 0 Å². The average molecular weight is 257 g/mol. The average Bonchev–Trinajstić information content (AvgIpc) is 2.42. The van der Waals surface area contributed by atoms with Gasteiger partial charge in [-0.2, -0.15) is 0 Å². The number of rotatable bonds is 5. The van der Waals surface area contributed by atoms with E-state index in [9.17, 15) is 0 Å². The molecule has 0 aliphatic rings. The maximum atomic E-state index is 5.77. The lowest BCUT2D eigenvalue weighted by atomic mass is 10.1. The van der Waals surface area contributed by atoms with Gasteiger partial charge in [-0.1, -0.05) is 18.2 Å². The predicted octanol–water partition coefficient (Wildman–Crippen LogP) is 2.90. The number of ether oxygens (including phenoxy) is 1. The molecule has 0 saturated carbocycles. The van der Waals surface area contributed by atoms with Crippen LogP contribution in [0.5, 0.6) is 0 Å². The minimum atomic E-state index is 0.701. The first kappa shape index (κ1) is 13.4. The SMILES string of the molecule is COCCc1ccccc1Nc1cc(C)c(N)cn1. The summed E-state index contributed by atoms with van der Waals surface area (Å²) in [5.74, 6) is 0.802. The van der Waals surface area contributed by atoms with Crippen LogP contribution in [0.15, 0.2) is 36.5 Å². The molecule has 0 saturated heterocycles. The highest BCUT2D eigenvalue weighted by Crippen LogP contribution is 2.22. The Hall–Kier alpha value is -2.07. The molecular weight excluding hydrogens is 238 g/mol. The first-order chi connectivity index (χ1) is 9.20. The van der Waals surface area contributed by atoms with E-state index in [0.717, 1.165) is 23.5 Å². The number of nitrogens with two attached hydrogens (primary N) is 1. The lowest BCUT2D eigenvalue weighted by Gasteiger charge is -2.12. The van der Waals surface area contributed by atoms with Crippen LogP contribution in [0.1, 0.15) is 11.1 Å². The van der Waals surface area contributed by atoms with E-state index in [1.807, 2.05) is 31.2 Å². The maximum absolute atomic E-state index is 5.77.